The van der Waals surface area contributed by atoms with Gasteiger partial charge in [-0.25, -0.2) is 0 Å². The topological polar surface area (TPSA) is 15.3 Å². The normalized spacial score (nSPS) is 12.6. The van der Waals surface area contributed by atoms with Crippen LogP contribution in [0.3, 0.4) is 0 Å². The van der Waals surface area contributed by atoms with Gasteiger partial charge in [0, 0.05) is 12.6 Å². The van der Waals surface area contributed by atoms with Crippen molar-refractivity contribution in [3.63, 3.8) is 0 Å². The summed E-state index contributed by atoms with van der Waals surface area (Å²) in [7, 11) is 0. The average molecular weight is 347 g/mol. The Hall–Kier alpha value is -0.860. The van der Waals surface area contributed by atoms with Crippen molar-refractivity contribution in [3.05, 3.63) is 35.9 Å². The zero-order chi connectivity index (χ0) is 18.2. The Morgan fingerprint density at radius 3 is 2.28 bits per heavy atom. The smallest absolute Gasteiger partial charge is 0.0107 e. The number of rotatable bonds is 16. The van der Waals surface area contributed by atoms with Crippen LogP contribution >= 0.6 is 0 Å². The molecule has 0 spiro atoms. The molecular weight excluding hydrogens is 304 g/mol. The summed E-state index contributed by atoms with van der Waals surface area (Å²) in [6, 6.07) is 11.6. The van der Waals surface area contributed by atoms with Crippen LogP contribution in [0.15, 0.2) is 30.3 Å². The summed E-state index contributed by atoms with van der Waals surface area (Å²) in [4.78, 5) is 2.69. The lowest BCUT2D eigenvalue weighted by Gasteiger charge is -2.31. The zero-order valence-corrected chi connectivity index (χ0v) is 17.1. The highest BCUT2D eigenvalue weighted by Gasteiger charge is 2.15. The Morgan fingerprint density at radius 1 is 0.840 bits per heavy atom. The van der Waals surface area contributed by atoms with E-state index in [-0.39, 0.29) is 0 Å². The van der Waals surface area contributed by atoms with Crippen LogP contribution in [0.4, 0.5) is 0 Å². The van der Waals surface area contributed by atoms with Gasteiger partial charge in [-0.05, 0) is 50.9 Å². The maximum absolute atomic E-state index is 3.68. The quantitative estimate of drug-likeness (QED) is 0.388. The van der Waals surface area contributed by atoms with Crippen molar-refractivity contribution < 1.29 is 0 Å². The molecule has 0 heterocycles. The number of hydrogen-bond donors (Lipinski definition) is 1. The molecule has 0 aliphatic heterocycles. The molecule has 0 aliphatic carbocycles. The molecule has 0 saturated heterocycles. The first kappa shape index (κ1) is 22.2. The summed E-state index contributed by atoms with van der Waals surface area (Å²) in [5, 5.41) is 3.68. The first-order valence-corrected chi connectivity index (χ1v) is 10.8. The predicted octanol–water partition coefficient (Wildman–Crippen LogP) is 5.67. The molecule has 0 amide bonds. The van der Waals surface area contributed by atoms with Crippen LogP contribution in [0, 0.1) is 0 Å². The van der Waals surface area contributed by atoms with Crippen LogP contribution in [0.5, 0.6) is 0 Å². The van der Waals surface area contributed by atoms with Gasteiger partial charge >= 0.3 is 0 Å². The van der Waals surface area contributed by atoms with E-state index in [1.165, 1.54) is 83.0 Å². The molecule has 2 nitrogen and oxygen atoms in total. The Labute approximate surface area is 157 Å². The molecule has 0 radical (unpaired) electrons. The standard InChI is InChI=1S/C23H42N2/c1-4-7-8-9-13-19-24-20-17-23(14-5-2)25(6-3)21-18-22-15-11-10-12-16-22/h10-12,15-16,23-24H,4-9,13-14,17-21H2,1-3H3. The second-order valence-corrected chi connectivity index (χ2v) is 7.26. The second kappa shape index (κ2) is 15.4. The van der Waals surface area contributed by atoms with Gasteiger partial charge in [0.2, 0.25) is 0 Å². The van der Waals surface area contributed by atoms with Gasteiger partial charge in [-0.1, -0.05) is 83.2 Å². The third-order valence-corrected chi connectivity index (χ3v) is 5.19. The molecule has 1 aromatic rings. The van der Waals surface area contributed by atoms with Gasteiger partial charge in [-0.2, -0.15) is 0 Å². The van der Waals surface area contributed by atoms with E-state index in [0.717, 1.165) is 12.6 Å². The fourth-order valence-electron chi connectivity index (χ4n) is 3.61. The summed E-state index contributed by atoms with van der Waals surface area (Å²) in [5.41, 5.74) is 1.46. The van der Waals surface area contributed by atoms with Crippen molar-refractivity contribution in [2.45, 2.75) is 84.6 Å². The van der Waals surface area contributed by atoms with E-state index in [9.17, 15) is 0 Å². The summed E-state index contributed by atoms with van der Waals surface area (Å²) in [6.07, 6.45) is 11.9. The molecular formula is C23H42N2. The molecule has 0 bridgehead atoms. The summed E-state index contributed by atoms with van der Waals surface area (Å²) < 4.78 is 0. The summed E-state index contributed by atoms with van der Waals surface area (Å²) in [6.45, 7) is 11.6. The number of hydrogen-bond acceptors (Lipinski definition) is 2. The molecule has 1 atom stereocenters. The lowest BCUT2D eigenvalue weighted by molar-refractivity contribution is 0.186. The highest BCUT2D eigenvalue weighted by Crippen LogP contribution is 2.12. The van der Waals surface area contributed by atoms with E-state index < -0.39 is 0 Å². The minimum Gasteiger partial charge on any atom is -0.317 e. The third-order valence-electron chi connectivity index (χ3n) is 5.19. The van der Waals surface area contributed by atoms with Gasteiger partial charge in [0.05, 0.1) is 0 Å². The van der Waals surface area contributed by atoms with Crippen molar-refractivity contribution in [2.24, 2.45) is 0 Å². The van der Waals surface area contributed by atoms with Gasteiger partial charge in [0.15, 0.2) is 0 Å². The van der Waals surface area contributed by atoms with E-state index in [1.54, 1.807) is 0 Å². The van der Waals surface area contributed by atoms with Crippen LogP contribution < -0.4 is 5.32 Å². The molecule has 144 valence electrons. The summed E-state index contributed by atoms with van der Waals surface area (Å²) >= 11 is 0. The second-order valence-electron chi connectivity index (χ2n) is 7.26. The van der Waals surface area contributed by atoms with Crippen molar-refractivity contribution in [1.29, 1.82) is 0 Å². The lowest BCUT2D eigenvalue weighted by Crippen LogP contribution is -2.38. The van der Waals surface area contributed by atoms with E-state index >= 15 is 0 Å². The van der Waals surface area contributed by atoms with E-state index in [4.69, 9.17) is 0 Å². The minimum absolute atomic E-state index is 0.728. The lowest BCUT2D eigenvalue weighted by atomic mass is 10.0. The van der Waals surface area contributed by atoms with Crippen molar-refractivity contribution >= 4 is 0 Å². The van der Waals surface area contributed by atoms with Crippen molar-refractivity contribution in [1.82, 2.24) is 10.2 Å². The maximum atomic E-state index is 3.68. The number of benzene rings is 1. The Kier molecular flexibility index (Phi) is 13.7. The van der Waals surface area contributed by atoms with E-state index in [2.05, 4.69) is 61.3 Å². The molecule has 2 heteroatoms. The highest BCUT2D eigenvalue weighted by molar-refractivity contribution is 5.14. The molecule has 0 saturated carbocycles. The van der Waals surface area contributed by atoms with Crippen LogP contribution in [0.25, 0.3) is 0 Å². The average Bonchev–Trinajstić information content (AvgIpc) is 2.65. The fourth-order valence-corrected chi connectivity index (χ4v) is 3.61. The van der Waals surface area contributed by atoms with Crippen LogP contribution in [0.2, 0.25) is 0 Å². The van der Waals surface area contributed by atoms with Gasteiger partial charge in [0.1, 0.15) is 0 Å². The van der Waals surface area contributed by atoms with E-state index in [0.29, 0.717) is 0 Å². The van der Waals surface area contributed by atoms with Gasteiger partial charge in [-0.15, -0.1) is 0 Å². The molecule has 0 aliphatic rings. The molecule has 25 heavy (non-hydrogen) atoms. The highest BCUT2D eigenvalue weighted by atomic mass is 15.1. The zero-order valence-electron chi connectivity index (χ0n) is 17.1. The van der Waals surface area contributed by atoms with Crippen molar-refractivity contribution in [2.75, 3.05) is 26.2 Å². The monoisotopic (exact) mass is 346 g/mol. The van der Waals surface area contributed by atoms with Crippen molar-refractivity contribution in [3.8, 4) is 0 Å². The number of unbranched alkanes of at least 4 members (excludes halogenated alkanes) is 4. The van der Waals surface area contributed by atoms with Gasteiger partial charge in [0.25, 0.3) is 0 Å². The van der Waals surface area contributed by atoms with Crippen LogP contribution in [-0.4, -0.2) is 37.1 Å². The number of nitrogens with one attached hydrogen (secondary N) is 1. The minimum atomic E-state index is 0.728. The molecule has 1 unspecified atom stereocenters. The molecule has 0 aromatic heterocycles. The SMILES string of the molecule is CCCCCCCNCCC(CCC)N(CC)CCc1ccccc1. The molecule has 1 rings (SSSR count). The van der Waals surface area contributed by atoms with Gasteiger partial charge < -0.3 is 10.2 Å². The summed E-state index contributed by atoms with van der Waals surface area (Å²) in [5.74, 6) is 0. The fraction of sp³-hybridized carbons (Fsp3) is 0.739. The van der Waals surface area contributed by atoms with Gasteiger partial charge in [-0.3, -0.25) is 0 Å². The molecule has 1 aromatic carbocycles. The van der Waals surface area contributed by atoms with E-state index in [1.807, 2.05) is 0 Å². The predicted molar refractivity (Wildman–Crippen MR) is 112 cm³/mol. The molecule has 1 N–H and O–H groups in total. The number of nitrogens with zero attached hydrogens (tertiary/aromatic N) is 1. The first-order chi connectivity index (χ1) is 12.3. The van der Waals surface area contributed by atoms with Crippen LogP contribution in [-0.2, 0) is 6.42 Å². The Bertz CT molecular complexity index is 390. The largest absolute Gasteiger partial charge is 0.317 e. The number of likely N-dealkylation sites (N-methyl/N-ethyl adjacent to an activating group) is 1. The molecule has 0 fully saturated rings. The Morgan fingerprint density at radius 2 is 1.60 bits per heavy atom. The first-order valence-electron chi connectivity index (χ1n) is 10.8. The maximum Gasteiger partial charge on any atom is 0.0107 e. The third kappa shape index (κ3) is 10.7. The van der Waals surface area contributed by atoms with Crippen LogP contribution in [0.1, 0.15) is 77.7 Å². The Balaban J connectivity index is 2.26.